The largest absolute Gasteiger partial charge is 0.481 e. The van der Waals surface area contributed by atoms with Crippen LogP contribution in [0.5, 0.6) is 0 Å². The zero-order valence-corrected chi connectivity index (χ0v) is 12.0. The molecule has 1 rings (SSSR count). The zero-order chi connectivity index (χ0) is 15.0. The van der Waals surface area contributed by atoms with E-state index in [0.29, 0.717) is 19.6 Å². The lowest BCUT2D eigenvalue weighted by Crippen LogP contribution is -2.44. The average molecular weight is 285 g/mol. The van der Waals surface area contributed by atoms with Crippen molar-refractivity contribution in [1.82, 2.24) is 4.90 Å². The average Bonchev–Trinajstić information content (AvgIpc) is 2.43. The van der Waals surface area contributed by atoms with Crippen LogP contribution in [-0.4, -0.2) is 47.0 Å². The van der Waals surface area contributed by atoms with Crippen LogP contribution in [0.3, 0.4) is 0 Å². The molecule has 1 fully saturated rings. The Balaban J connectivity index is 2.45. The van der Waals surface area contributed by atoms with Crippen molar-refractivity contribution in [2.24, 2.45) is 0 Å². The summed E-state index contributed by atoms with van der Waals surface area (Å²) in [6, 6.07) is -0.00505. The molecular formula is C14H23NO5. The van der Waals surface area contributed by atoms with Gasteiger partial charge in [0.25, 0.3) is 0 Å². The highest BCUT2D eigenvalue weighted by molar-refractivity contribution is 5.81. The van der Waals surface area contributed by atoms with Gasteiger partial charge in [0.05, 0.1) is 13.0 Å². The second-order valence-corrected chi connectivity index (χ2v) is 4.97. The number of rotatable bonds is 7. The maximum Gasteiger partial charge on any atom is 0.306 e. The molecule has 1 heterocycles. The standard InChI is InChI=1S/C14H23NO5/c1-2-20-14(19)9-7-12(16)15-10-4-3-5-11(15)6-8-13(17)18/h11H,2-10H2,1H3,(H,17,18). The van der Waals surface area contributed by atoms with Crippen molar-refractivity contribution < 1.29 is 24.2 Å². The minimum absolute atomic E-state index is 0.00505. The topological polar surface area (TPSA) is 83.9 Å². The summed E-state index contributed by atoms with van der Waals surface area (Å²) in [6.45, 7) is 2.70. The van der Waals surface area contributed by atoms with Gasteiger partial charge in [0.2, 0.25) is 5.91 Å². The first kappa shape index (κ1) is 16.5. The second-order valence-electron chi connectivity index (χ2n) is 4.97. The normalized spacial score (nSPS) is 18.6. The van der Waals surface area contributed by atoms with E-state index >= 15 is 0 Å². The van der Waals surface area contributed by atoms with Gasteiger partial charge in [-0.15, -0.1) is 0 Å². The Kier molecular flexibility index (Phi) is 7.04. The molecule has 114 valence electrons. The Morgan fingerprint density at radius 1 is 1.20 bits per heavy atom. The molecule has 1 unspecified atom stereocenters. The number of nitrogens with zero attached hydrogens (tertiary/aromatic N) is 1. The minimum Gasteiger partial charge on any atom is -0.481 e. The molecule has 0 bridgehead atoms. The Labute approximate surface area is 119 Å². The fourth-order valence-electron chi connectivity index (χ4n) is 2.50. The number of hydrogen-bond donors (Lipinski definition) is 1. The number of carbonyl (C=O) groups excluding carboxylic acids is 2. The van der Waals surface area contributed by atoms with Gasteiger partial charge in [-0.3, -0.25) is 14.4 Å². The van der Waals surface area contributed by atoms with E-state index in [1.807, 2.05) is 0 Å². The molecule has 0 aromatic heterocycles. The van der Waals surface area contributed by atoms with Gasteiger partial charge in [-0.2, -0.15) is 0 Å². The van der Waals surface area contributed by atoms with Crippen LogP contribution in [0.2, 0.25) is 0 Å². The third kappa shape index (κ3) is 5.59. The van der Waals surface area contributed by atoms with E-state index in [4.69, 9.17) is 9.84 Å². The van der Waals surface area contributed by atoms with E-state index in [1.165, 1.54) is 0 Å². The molecule has 6 nitrogen and oxygen atoms in total. The van der Waals surface area contributed by atoms with Crippen molar-refractivity contribution >= 4 is 17.8 Å². The fraction of sp³-hybridized carbons (Fsp3) is 0.786. The molecule has 1 aliphatic rings. The number of carbonyl (C=O) groups is 3. The zero-order valence-electron chi connectivity index (χ0n) is 12.0. The molecule has 0 aromatic rings. The van der Waals surface area contributed by atoms with Crippen molar-refractivity contribution in [2.75, 3.05) is 13.2 Å². The summed E-state index contributed by atoms with van der Waals surface area (Å²) in [5.41, 5.74) is 0. The van der Waals surface area contributed by atoms with Crippen LogP contribution in [0.25, 0.3) is 0 Å². The van der Waals surface area contributed by atoms with Gasteiger partial charge in [-0.1, -0.05) is 0 Å². The van der Waals surface area contributed by atoms with Crippen molar-refractivity contribution in [1.29, 1.82) is 0 Å². The lowest BCUT2D eigenvalue weighted by Gasteiger charge is -2.35. The first-order valence-corrected chi connectivity index (χ1v) is 7.21. The molecule has 0 radical (unpaired) electrons. The third-order valence-electron chi connectivity index (χ3n) is 3.49. The Hall–Kier alpha value is -1.59. The number of amides is 1. The van der Waals surface area contributed by atoms with Crippen molar-refractivity contribution in [3.05, 3.63) is 0 Å². The molecule has 0 aliphatic carbocycles. The number of hydrogen-bond acceptors (Lipinski definition) is 4. The van der Waals surface area contributed by atoms with E-state index in [9.17, 15) is 14.4 Å². The Morgan fingerprint density at radius 2 is 1.95 bits per heavy atom. The predicted molar refractivity (Wildman–Crippen MR) is 72.1 cm³/mol. The third-order valence-corrected chi connectivity index (χ3v) is 3.49. The number of carboxylic acids is 1. The summed E-state index contributed by atoms with van der Waals surface area (Å²) in [6.07, 6.45) is 3.60. The predicted octanol–water partition coefficient (Wildman–Crippen LogP) is 1.58. The van der Waals surface area contributed by atoms with Gasteiger partial charge in [0, 0.05) is 25.4 Å². The van der Waals surface area contributed by atoms with E-state index < -0.39 is 5.97 Å². The lowest BCUT2D eigenvalue weighted by atomic mass is 9.97. The molecule has 0 aromatic carbocycles. The fourth-order valence-corrected chi connectivity index (χ4v) is 2.50. The highest BCUT2D eigenvalue weighted by atomic mass is 16.5. The smallest absolute Gasteiger partial charge is 0.306 e. The molecule has 0 spiro atoms. The summed E-state index contributed by atoms with van der Waals surface area (Å²) < 4.78 is 4.80. The van der Waals surface area contributed by atoms with E-state index in [2.05, 4.69) is 0 Å². The summed E-state index contributed by atoms with van der Waals surface area (Å²) >= 11 is 0. The molecular weight excluding hydrogens is 262 g/mol. The quantitative estimate of drug-likeness (QED) is 0.718. The number of carboxylic acid groups (broad SMARTS) is 1. The molecule has 1 N–H and O–H groups in total. The molecule has 1 atom stereocenters. The summed E-state index contributed by atoms with van der Waals surface area (Å²) in [4.78, 5) is 35.8. The second kappa shape index (κ2) is 8.55. The van der Waals surface area contributed by atoms with Gasteiger partial charge < -0.3 is 14.7 Å². The highest BCUT2D eigenvalue weighted by Crippen LogP contribution is 2.22. The van der Waals surface area contributed by atoms with Gasteiger partial charge in [-0.05, 0) is 32.6 Å². The highest BCUT2D eigenvalue weighted by Gasteiger charge is 2.27. The molecule has 1 amide bonds. The lowest BCUT2D eigenvalue weighted by molar-refractivity contribution is -0.146. The van der Waals surface area contributed by atoms with Crippen LogP contribution < -0.4 is 0 Å². The van der Waals surface area contributed by atoms with Crippen LogP contribution in [0, 0.1) is 0 Å². The Bertz CT molecular complexity index is 355. The van der Waals surface area contributed by atoms with Gasteiger partial charge in [0.1, 0.15) is 0 Å². The van der Waals surface area contributed by atoms with Crippen molar-refractivity contribution in [2.45, 2.75) is 57.9 Å². The summed E-state index contributed by atoms with van der Waals surface area (Å²) in [5.74, 6) is -1.28. The number of ether oxygens (including phenoxy) is 1. The van der Waals surface area contributed by atoms with E-state index in [0.717, 1.165) is 19.3 Å². The number of esters is 1. The van der Waals surface area contributed by atoms with Gasteiger partial charge >= 0.3 is 11.9 Å². The van der Waals surface area contributed by atoms with Gasteiger partial charge in [0.15, 0.2) is 0 Å². The van der Waals surface area contributed by atoms with Crippen LogP contribution >= 0.6 is 0 Å². The van der Waals surface area contributed by atoms with Crippen LogP contribution in [0.15, 0.2) is 0 Å². The summed E-state index contributed by atoms with van der Waals surface area (Å²) in [7, 11) is 0. The Morgan fingerprint density at radius 3 is 2.60 bits per heavy atom. The first-order valence-electron chi connectivity index (χ1n) is 7.21. The maximum absolute atomic E-state index is 12.1. The number of aliphatic carboxylic acids is 1. The molecule has 0 saturated carbocycles. The van der Waals surface area contributed by atoms with Crippen LogP contribution in [-0.2, 0) is 19.1 Å². The van der Waals surface area contributed by atoms with Crippen molar-refractivity contribution in [3.63, 3.8) is 0 Å². The van der Waals surface area contributed by atoms with E-state index in [1.54, 1.807) is 11.8 Å². The van der Waals surface area contributed by atoms with Crippen LogP contribution in [0.1, 0.15) is 51.9 Å². The molecule has 1 aliphatic heterocycles. The molecule has 1 saturated heterocycles. The minimum atomic E-state index is -0.838. The van der Waals surface area contributed by atoms with Crippen LogP contribution in [0.4, 0.5) is 0 Å². The number of piperidine rings is 1. The monoisotopic (exact) mass is 285 g/mol. The SMILES string of the molecule is CCOC(=O)CCC(=O)N1CCCCC1CCC(=O)O. The maximum atomic E-state index is 12.1. The van der Waals surface area contributed by atoms with Gasteiger partial charge in [-0.25, -0.2) is 0 Å². The molecule has 20 heavy (non-hydrogen) atoms. The first-order chi connectivity index (χ1) is 9.54. The van der Waals surface area contributed by atoms with E-state index in [-0.39, 0.29) is 37.2 Å². The molecule has 6 heteroatoms. The van der Waals surface area contributed by atoms with Crippen molar-refractivity contribution in [3.8, 4) is 0 Å². The summed E-state index contributed by atoms with van der Waals surface area (Å²) in [5, 5.41) is 8.74. The number of likely N-dealkylation sites (tertiary alicyclic amines) is 1.